The molecule has 1 aromatic carbocycles. The third-order valence-electron chi connectivity index (χ3n) is 6.95. The van der Waals surface area contributed by atoms with Gasteiger partial charge in [0.15, 0.2) is 0 Å². The lowest BCUT2D eigenvalue weighted by Crippen LogP contribution is -2.37. The zero-order valence-electron chi connectivity index (χ0n) is 18.2. The summed E-state index contributed by atoms with van der Waals surface area (Å²) in [7, 11) is 0. The molecule has 2 aromatic heterocycles. The molecule has 0 aliphatic heterocycles. The van der Waals surface area contributed by atoms with Gasteiger partial charge in [0.05, 0.1) is 11.7 Å². The van der Waals surface area contributed by atoms with Crippen molar-refractivity contribution >= 4 is 10.9 Å². The lowest BCUT2D eigenvalue weighted by atomic mass is 9.72. The Morgan fingerprint density at radius 3 is 2.53 bits per heavy atom. The number of pyridine rings is 2. The predicted molar refractivity (Wildman–Crippen MR) is 124 cm³/mol. The van der Waals surface area contributed by atoms with Crippen molar-refractivity contribution in [2.24, 2.45) is 5.41 Å². The van der Waals surface area contributed by atoms with Gasteiger partial charge in [0, 0.05) is 36.8 Å². The highest BCUT2D eigenvalue weighted by atomic mass is 16.1. The molecule has 4 heteroatoms. The summed E-state index contributed by atoms with van der Waals surface area (Å²) in [5.41, 5.74) is 4.07. The lowest BCUT2D eigenvalue weighted by Gasteiger charge is -2.38. The van der Waals surface area contributed by atoms with Gasteiger partial charge in [0.25, 0.3) is 5.56 Å². The standard InChI is InChI=1S/C26H33N3O/c1-3-20-4-6-21(7-5-20)18-28-23-10-13-26(2,14-11-23)15-17-29-24-19-27-16-12-22(24)8-9-25(29)30/h4-9,12,16,19,23,28H,3,10-11,13-15,17-18H2,1-2H3. The van der Waals surface area contributed by atoms with Crippen molar-refractivity contribution < 1.29 is 0 Å². The molecule has 0 saturated heterocycles. The molecule has 1 aliphatic carbocycles. The second-order valence-electron chi connectivity index (χ2n) is 9.14. The molecule has 1 fully saturated rings. The maximum Gasteiger partial charge on any atom is 0.251 e. The zero-order valence-corrected chi connectivity index (χ0v) is 18.2. The van der Waals surface area contributed by atoms with Crippen molar-refractivity contribution in [1.82, 2.24) is 14.9 Å². The Bertz CT molecular complexity index is 1030. The van der Waals surface area contributed by atoms with E-state index in [0.717, 1.165) is 36.8 Å². The summed E-state index contributed by atoms with van der Waals surface area (Å²) in [6, 6.07) is 15.1. The second-order valence-corrected chi connectivity index (χ2v) is 9.14. The van der Waals surface area contributed by atoms with Crippen LogP contribution in [0.5, 0.6) is 0 Å². The van der Waals surface area contributed by atoms with Gasteiger partial charge in [0.1, 0.15) is 0 Å². The van der Waals surface area contributed by atoms with Crippen molar-refractivity contribution in [3.05, 3.63) is 76.3 Å². The molecular weight excluding hydrogens is 370 g/mol. The highest BCUT2D eigenvalue weighted by Crippen LogP contribution is 2.39. The van der Waals surface area contributed by atoms with Crippen LogP contribution in [0.25, 0.3) is 10.9 Å². The average molecular weight is 404 g/mol. The van der Waals surface area contributed by atoms with Crippen LogP contribution >= 0.6 is 0 Å². The van der Waals surface area contributed by atoms with E-state index in [-0.39, 0.29) is 5.56 Å². The molecular formula is C26H33N3O. The number of rotatable bonds is 7. The molecule has 1 aliphatic rings. The quantitative estimate of drug-likeness (QED) is 0.598. The van der Waals surface area contributed by atoms with E-state index in [1.54, 1.807) is 12.3 Å². The van der Waals surface area contributed by atoms with E-state index in [1.807, 2.05) is 22.9 Å². The number of hydrogen-bond acceptors (Lipinski definition) is 3. The van der Waals surface area contributed by atoms with Crippen LogP contribution in [0.3, 0.4) is 0 Å². The first-order valence-corrected chi connectivity index (χ1v) is 11.3. The van der Waals surface area contributed by atoms with Crippen LogP contribution in [-0.2, 0) is 19.5 Å². The molecule has 2 heterocycles. The molecule has 0 radical (unpaired) electrons. The molecule has 0 atom stereocenters. The number of fused-ring (bicyclic) bond motifs is 1. The van der Waals surface area contributed by atoms with Gasteiger partial charge in [-0.05, 0) is 67.2 Å². The molecule has 0 spiro atoms. The van der Waals surface area contributed by atoms with E-state index in [0.29, 0.717) is 11.5 Å². The molecule has 3 aromatic rings. The van der Waals surface area contributed by atoms with E-state index in [9.17, 15) is 4.79 Å². The summed E-state index contributed by atoms with van der Waals surface area (Å²) >= 11 is 0. The van der Waals surface area contributed by atoms with Gasteiger partial charge in [-0.1, -0.05) is 38.1 Å². The van der Waals surface area contributed by atoms with E-state index in [2.05, 4.69) is 48.4 Å². The Kier molecular flexibility index (Phi) is 6.33. The third-order valence-corrected chi connectivity index (χ3v) is 6.95. The van der Waals surface area contributed by atoms with Gasteiger partial charge in [-0.2, -0.15) is 0 Å². The van der Waals surface area contributed by atoms with Crippen molar-refractivity contribution in [3.63, 3.8) is 0 Å². The van der Waals surface area contributed by atoms with Crippen LogP contribution in [0.4, 0.5) is 0 Å². The van der Waals surface area contributed by atoms with Gasteiger partial charge in [-0.15, -0.1) is 0 Å². The lowest BCUT2D eigenvalue weighted by molar-refractivity contribution is 0.162. The molecule has 1 saturated carbocycles. The molecule has 158 valence electrons. The second kappa shape index (κ2) is 9.13. The minimum atomic E-state index is 0.0727. The van der Waals surface area contributed by atoms with Crippen molar-refractivity contribution in [1.29, 1.82) is 0 Å². The van der Waals surface area contributed by atoms with Gasteiger partial charge in [-0.3, -0.25) is 9.78 Å². The van der Waals surface area contributed by atoms with E-state index >= 15 is 0 Å². The van der Waals surface area contributed by atoms with E-state index < -0.39 is 0 Å². The number of aryl methyl sites for hydroxylation is 2. The maximum atomic E-state index is 12.4. The van der Waals surface area contributed by atoms with Crippen molar-refractivity contribution in [2.75, 3.05) is 0 Å². The fraction of sp³-hybridized carbons (Fsp3) is 0.462. The Morgan fingerprint density at radius 2 is 1.80 bits per heavy atom. The highest BCUT2D eigenvalue weighted by molar-refractivity contribution is 5.77. The van der Waals surface area contributed by atoms with E-state index in [4.69, 9.17) is 0 Å². The molecule has 1 N–H and O–H groups in total. The molecule has 4 rings (SSSR count). The van der Waals surface area contributed by atoms with Crippen LogP contribution in [-0.4, -0.2) is 15.6 Å². The topological polar surface area (TPSA) is 46.9 Å². The first-order chi connectivity index (χ1) is 14.6. The fourth-order valence-corrected chi connectivity index (χ4v) is 4.67. The van der Waals surface area contributed by atoms with Gasteiger partial charge in [-0.25, -0.2) is 0 Å². The summed E-state index contributed by atoms with van der Waals surface area (Å²) in [4.78, 5) is 16.7. The first-order valence-electron chi connectivity index (χ1n) is 11.3. The highest BCUT2D eigenvalue weighted by Gasteiger charge is 2.30. The number of benzene rings is 1. The molecule has 30 heavy (non-hydrogen) atoms. The smallest absolute Gasteiger partial charge is 0.251 e. The number of nitrogens with zero attached hydrogens (tertiary/aromatic N) is 2. The maximum absolute atomic E-state index is 12.4. The summed E-state index contributed by atoms with van der Waals surface area (Å²) in [5, 5.41) is 4.84. The Balaban J connectivity index is 1.31. The molecule has 0 amide bonds. The molecule has 0 unspecified atom stereocenters. The third kappa shape index (κ3) is 4.81. The van der Waals surface area contributed by atoms with Crippen LogP contribution in [0.1, 0.15) is 57.1 Å². The van der Waals surface area contributed by atoms with Gasteiger partial charge < -0.3 is 9.88 Å². The average Bonchev–Trinajstić information content (AvgIpc) is 2.78. The zero-order chi connectivity index (χ0) is 21.0. The van der Waals surface area contributed by atoms with Crippen LogP contribution < -0.4 is 10.9 Å². The number of nitrogens with one attached hydrogen (secondary N) is 1. The minimum Gasteiger partial charge on any atom is -0.310 e. The Hall–Kier alpha value is -2.46. The predicted octanol–water partition coefficient (Wildman–Crippen LogP) is 5.09. The molecule has 4 nitrogen and oxygen atoms in total. The monoisotopic (exact) mass is 403 g/mol. The number of hydrogen-bond donors (Lipinski definition) is 1. The van der Waals surface area contributed by atoms with Crippen LogP contribution in [0.15, 0.2) is 59.7 Å². The minimum absolute atomic E-state index is 0.0727. The van der Waals surface area contributed by atoms with Crippen LogP contribution in [0, 0.1) is 5.41 Å². The van der Waals surface area contributed by atoms with Crippen molar-refractivity contribution in [2.45, 2.75) is 71.5 Å². The first kappa shape index (κ1) is 20.8. The van der Waals surface area contributed by atoms with Gasteiger partial charge >= 0.3 is 0 Å². The summed E-state index contributed by atoms with van der Waals surface area (Å²) in [6.45, 7) is 6.30. The largest absolute Gasteiger partial charge is 0.310 e. The number of aromatic nitrogens is 2. The fourth-order valence-electron chi connectivity index (χ4n) is 4.67. The SMILES string of the molecule is CCc1ccc(CNC2CCC(C)(CCn3c(=O)ccc4ccncc43)CC2)cc1. The molecule has 0 bridgehead atoms. The normalized spacial score (nSPS) is 21.7. The van der Waals surface area contributed by atoms with Crippen molar-refractivity contribution in [3.8, 4) is 0 Å². The van der Waals surface area contributed by atoms with E-state index in [1.165, 1.54) is 36.8 Å². The summed E-state index contributed by atoms with van der Waals surface area (Å²) in [6.07, 6.45) is 10.5. The summed E-state index contributed by atoms with van der Waals surface area (Å²) < 4.78 is 1.90. The van der Waals surface area contributed by atoms with Gasteiger partial charge in [0.2, 0.25) is 0 Å². The Morgan fingerprint density at radius 1 is 1.07 bits per heavy atom. The van der Waals surface area contributed by atoms with Crippen LogP contribution in [0.2, 0.25) is 0 Å². The Labute approximate surface area is 179 Å². The summed E-state index contributed by atoms with van der Waals surface area (Å²) in [5.74, 6) is 0.